The van der Waals surface area contributed by atoms with Gasteiger partial charge < -0.3 is 0 Å². The zero-order valence-electron chi connectivity index (χ0n) is 11.1. The Hall–Kier alpha value is -1.64. The summed E-state index contributed by atoms with van der Waals surface area (Å²) in [4.78, 5) is 14.5. The molecule has 0 saturated heterocycles. The second-order valence-electron chi connectivity index (χ2n) is 4.84. The number of rotatable bonds is 3. The molecule has 106 valence electrons. The summed E-state index contributed by atoms with van der Waals surface area (Å²) in [6, 6.07) is 9.54. The number of thioether (sulfide) groups is 1. The van der Waals surface area contributed by atoms with Gasteiger partial charge in [0.25, 0.3) is 0 Å². The molecule has 1 aromatic heterocycles. The number of aryl methyl sites for hydroxylation is 1. The number of hydrogen-bond acceptors (Lipinski definition) is 4. The van der Waals surface area contributed by atoms with Gasteiger partial charge in [-0.1, -0.05) is 12.1 Å². The lowest BCUT2D eigenvalue weighted by Crippen LogP contribution is -2.09. The van der Waals surface area contributed by atoms with Gasteiger partial charge in [0.1, 0.15) is 11.7 Å². The van der Waals surface area contributed by atoms with Crippen LogP contribution in [-0.4, -0.2) is 11.5 Å². The van der Waals surface area contributed by atoms with Crippen molar-refractivity contribution in [3.63, 3.8) is 0 Å². The van der Waals surface area contributed by atoms with Crippen LogP contribution < -0.4 is 0 Å². The van der Waals surface area contributed by atoms with E-state index in [-0.39, 0.29) is 11.6 Å². The molecular formula is C16H12FNOS2. The first-order chi connectivity index (χ1) is 10.2. The molecule has 3 rings (SSSR count). The molecule has 0 fully saturated rings. The van der Waals surface area contributed by atoms with E-state index in [0.717, 1.165) is 17.9 Å². The van der Waals surface area contributed by atoms with E-state index in [1.807, 2.05) is 23.9 Å². The van der Waals surface area contributed by atoms with Crippen molar-refractivity contribution in [2.45, 2.75) is 18.1 Å². The smallest absolute Gasteiger partial charge is 0.194 e. The molecule has 0 amide bonds. The Morgan fingerprint density at radius 2 is 2.10 bits per heavy atom. The van der Waals surface area contributed by atoms with E-state index in [1.54, 1.807) is 0 Å². The third kappa shape index (κ3) is 2.87. The van der Waals surface area contributed by atoms with E-state index in [2.05, 4.69) is 0 Å². The highest BCUT2D eigenvalue weighted by Gasteiger charge is 2.25. The molecule has 0 radical (unpaired) electrons. The van der Waals surface area contributed by atoms with Crippen molar-refractivity contribution in [3.05, 3.63) is 57.0 Å². The van der Waals surface area contributed by atoms with Crippen LogP contribution in [0.5, 0.6) is 0 Å². The summed E-state index contributed by atoms with van der Waals surface area (Å²) in [5.74, 6) is 0.603. The third-order valence-corrected chi connectivity index (χ3v) is 5.72. The van der Waals surface area contributed by atoms with Gasteiger partial charge in [-0.05, 0) is 41.5 Å². The number of halogens is 1. The molecule has 1 aliphatic rings. The molecule has 0 bridgehead atoms. The number of hydrogen-bond donors (Lipinski definition) is 0. The number of benzene rings is 1. The molecule has 5 heteroatoms. The minimum atomic E-state index is -0.863. The van der Waals surface area contributed by atoms with Crippen LogP contribution in [0.15, 0.2) is 30.3 Å². The van der Waals surface area contributed by atoms with Crippen LogP contribution in [0.2, 0.25) is 0 Å². The second kappa shape index (κ2) is 6.00. The number of thiophene rings is 1. The molecule has 2 aromatic rings. The van der Waals surface area contributed by atoms with Gasteiger partial charge in [-0.25, -0.2) is 4.39 Å². The predicted octanol–water partition coefficient (Wildman–Crippen LogP) is 4.17. The Balaban J connectivity index is 1.90. The molecular weight excluding hydrogens is 305 g/mol. The molecule has 21 heavy (non-hydrogen) atoms. The number of nitrogens with zero attached hydrogens (tertiary/aromatic N) is 1. The highest BCUT2D eigenvalue weighted by molar-refractivity contribution is 7.98. The second-order valence-corrected chi connectivity index (χ2v) is 7.08. The van der Waals surface area contributed by atoms with Gasteiger partial charge in [0.15, 0.2) is 5.78 Å². The van der Waals surface area contributed by atoms with Gasteiger partial charge in [-0.15, -0.1) is 11.3 Å². The van der Waals surface area contributed by atoms with Crippen LogP contribution >= 0.6 is 23.1 Å². The van der Waals surface area contributed by atoms with Crippen LogP contribution in [0.3, 0.4) is 0 Å². The maximum absolute atomic E-state index is 13.0. The first-order valence-corrected chi connectivity index (χ1v) is 8.55. The molecule has 0 N–H and O–H groups in total. The summed E-state index contributed by atoms with van der Waals surface area (Å²) in [6.07, 6.45) is 0.992. The van der Waals surface area contributed by atoms with Gasteiger partial charge in [-0.2, -0.15) is 17.0 Å². The lowest BCUT2D eigenvalue weighted by Gasteiger charge is -2.08. The van der Waals surface area contributed by atoms with Crippen LogP contribution in [0.4, 0.5) is 4.39 Å². The Kier molecular flexibility index (Phi) is 4.09. The van der Waals surface area contributed by atoms with Crippen LogP contribution in [0.25, 0.3) is 0 Å². The minimum Gasteiger partial charge on any atom is -0.291 e. The number of ketones is 1. The predicted molar refractivity (Wildman–Crippen MR) is 83.3 cm³/mol. The van der Waals surface area contributed by atoms with E-state index in [0.29, 0.717) is 10.4 Å². The van der Waals surface area contributed by atoms with E-state index < -0.39 is 5.92 Å². The lowest BCUT2D eigenvalue weighted by molar-refractivity contribution is 0.0982. The summed E-state index contributed by atoms with van der Waals surface area (Å²) in [7, 11) is 0. The van der Waals surface area contributed by atoms with Crippen LogP contribution in [0, 0.1) is 17.1 Å². The Bertz CT molecular complexity index is 691. The Morgan fingerprint density at radius 3 is 2.76 bits per heavy atom. The molecule has 2 heterocycles. The molecule has 0 saturated carbocycles. The van der Waals surface area contributed by atoms with Crippen LogP contribution in [-0.2, 0) is 12.2 Å². The fraction of sp³-hybridized carbons (Fsp3) is 0.250. The summed E-state index contributed by atoms with van der Waals surface area (Å²) in [6.45, 7) is 0. The van der Waals surface area contributed by atoms with Gasteiger partial charge in [-0.3, -0.25) is 4.79 Å². The number of carbonyl (C=O) groups is 1. The van der Waals surface area contributed by atoms with Crippen molar-refractivity contribution in [1.29, 1.82) is 5.26 Å². The number of fused-ring (bicyclic) bond motifs is 1. The summed E-state index contributed by atoms with van der Waals surface area (Å²) >= 11 is 3.36. The molecule has 0 aliphatic carbocycles. The van der Waals surface area contributed by atoms with Gasteiger partial charge >= 0.3 is 0 Å². The quantitative estimate of drug-likeness (QED) is 0.798. The molecule has 1 unspecified atom stereocenters. The van der Waals surface area contributed by atoms with E-state index in [4.69, 9.17) is 0 Å². The minimum absolute atomic E-state index is 0.187. The van der Waals surface area contributed by atoms with Crippen molar-refractivity contribution in [2.24, 2.45) is 0 Å². The van der Waals surface area contributed by atoms with Crippen molar-refractivity contribution in [1.82, 2.24) is 0 Å². The standard InChI is InChI=1S/C16H12FNOS2/c17-12-3-1-10(2-4-12)13(8-18)16(19)15-7-11-9-20-6-5-14(11)21-15/h1-4,7,13H,5-6,9H2. The van der Waals surface area contributed by atoms with Gasteiger partial charge in [0.05, 0.1) is 10.9 Å². The van der Waals surface area contributed by atoms with Crippen LogP contribution in [0.1, 0.15) is 31.6 Å². The highest BCUT2D eigenvalue weighted by Crippen LogP contribution is 2.34. The molecule has 0 spiro atoms. The zero-order valence-corrected chi connectivity index (χ0v) is 12.8. The normalized spacial score (nSPS) is 15.0. The monoisotopic (exact) mass is 317 g/mol. The Labute approximate surface area is 130 Å². The fourth-order valence-corrected chi connectivity index (χ4v) is 4.69. The molecule has 1 atom stereocenters. The first kappa shape index (κ1) is 14.3. The summed E-state index contributed by atoms with van der Waals surface area (Å²) in [5.41, 5.74) is 1.76. The number of Topliss-reactive ketones (excluding diaryl/α,β-unsaturated/α-hetero) is 1. The first-order valence-electron chi connectivity index (χ1n) is 6.57. The largest absolute Gasteiger partial charge is 0.291 e. The maximum atomic E-state index is 13.0. The lowest BCUT2D eigenvalue weighted by atomic mass is 9.95. The average Bonchev–Trinajstić information content (AvgIpc) is 2.93. The fourth-order valence-electron chi connectivity index (χ4n) is 2.35. The topological polar surface area (TPSA) is 40.9 Å². The Morgan fingerprint density at radius 1 is 1.33 bits per heavy atom. The van der Waals surface area contributed by atoms with E-state index >= 15 is 0 Å². The SMILES string of the molecule is N#CC(C(=O)c1cc2c(s1)CCSC2)c1ccc(F)cc1. The van der Waals surface area contributed by atoms with Gasteiger partial charge in [0.2, 0.25) is 0 Å². The summed E-state index contributed by atoms with van der Waals surface area (Å²) in [5, 5.41) is 9.32. The maximum Gasteiger partial charge on any atom is 0.194 e. The number of nitriles is 1. The number of carbonyl (C=O) groups excluding carboxylic acids is 1. The molecule has 2 nitrogen and oxygen atoms in total. The highest BCUT2D eigenvalue weighted by atomic mass is 32.2. The zero-order chi connectivity index (χ0) is 14.8. The van der Waals surface area contributed by atoms with Crippen molar-refractivity contribution < 1.29 is 9.18 Å². The van der Waals surface area contributed by atoms with Gasteiger partial charge in [0, 0.05) is 10.6 Å². The molecule has 1 aromatic carbocycles. The average molecular weight is 317 g/mol. The summed E-state index contributed by atoms with van der Waals surface area (Å²) < 4.78 is 13.0. The third-order valence-electron chi connectivity index (χ3n) is 3.47. The van der Waals surface area contributed by atoms with Crippen molar-refractivity contribution in [2.75, 3.05) is 5.75 Å². The molecule has 1 aliphatic heterocycles. The van der Waals surface area contributed by atoms with Crippen molar-refractivity contribution in [3.8, 4) is 6.07 Å². The van der Waals surface area contributed by atoms with E-state index in [1.165, 1.54) is 46.0 Å². The van der Waals surface area contributed by atoms with E-state index in [9.17, 15) is 14.4 Å². The van der Waals surface area contributed by atoms with Crippen molar-refractivity contribution >= 4 is 28.9 Å².